The highest BCUT2D eigenvalue weighted by Gasteiger charge is 2.43. The van der Waals surface area contributed by atoms with Crippen LogP contribution in [0.3, 0.4) is 0 Å². The Morgan fingerprint density at radius 2 is 1.48 bits per heavy atom. The second-order valence-electron chi connectivity index (χ2n) is 10.6. The molecule has 2 amide bonds. The summed E-state index contributed by atoms with van der Waals surface area (Å²) >= 11 is 0. The molecular formula is C30H34N4O6. The quantitative estimate of drug-likeness (QED) is 0.399. The first kappa shape index (κ1) is 28.6. The van der Waals surface area contributed by atoms with E-state index < -0.39 is 36.0 Å². The number of benzene rings is 2. The van der Waals surface area contributed by atoms with Gasteiger partial charge >= 0.3 is 11.9 Å². The number of esters is 2. The van der Waals surface area contributed by atoms with E-state index in [1.54, 1.807) is 6.07 Å². The van der Waals surface area contributed by atoms with E-state index in [1.165, 1.54) is 4.90 Å². The largest absolute Gasteiger partial charge is 0.448 e. The van der Waals surface area contributed by atoms with Crippen LogP contribution in [0.2, 0.25) is 0 Å². The third-order valence-electron chi connectivity index (χ3n) is 7.52. The highest BCUT2D eigenvalue weighted by atomic mass is 16.6. The molecule has 0 saturated carbocycles. The molecule has 4 rings (SSSR count). The van der Waals surface area contributed by atoms with E-state index in [0.29, 0.717) is 31.9 Å². The lowest BCUT2D eigenvalue weighted by Gasteiger charge is -2.41. The minimum Gasteiger partial charge on any atom is -0.448 e. The van der Waals surface area contributed by atoms with Gasteiger partial charge in [-0.1, -0.05) is 49.4 Å². The maximum atomic E-state index is 13.5. The van der Waals surface area contributed by atoms with E-state index in [9.17, 15) is 19.2 Å². The fourth-order valence-corrected chi connectivity index (χ4v) is 5.21. The van der Waals surface area contributed by atoms with Crippen LogP contribution in [-0.4, -0.2) is 60.5 Å². The second kappa shape index (κ2) is 12.2. The van der Waals surface area contributed by atoms with E-state index in [4.69, 9.17) is 16.0 Å². The first-order valence-corrected chi connectivity index (χ1v) is 13.3. The summed E-state index contributed by atoms with van der Waals surface area (Å²) in [5.74, 6) is -2.84. The first-order valence-electron chi connectivity index (χ1n) is 13.3. The molecule has 210 valence electrons. The van der Waals surface area contributed by atoms with Gasteiger partial charge in [0.15, 0.2) is 0 Å². The summed E-state index contributed by atoms with van der Waals surface area (Å²) in [4.78, 5) is 58.1. The molecule has 0 aliphatic carbocycles. The van der Waals surface area contributed by atoms with Gasteiger partial charge in [-0.3, -0.25) is 19.2 Å². The lowest BCUT2D eigenvalue weighted by atomic mass is 9.80. The molecule has 2 aromatic carbocycles. The summed E-state index contributed by atoms with van der Waals surface area (Å²) in [6.45, 7) is 14.1. The van der Waals surface area contributed by atoms with Gasteiger partial charge in [-0.15, -0.1) is 0 Å². The van der Waals surface area contributed by atoms with Crippen LogP contribution in [0, 0.1) is 12.0 Å². The number of rotatable bonds is 8. The lowest BCUT2D eigenvalue weighted by Crippen LogP contribution is -2.55. The van der Waals surface area contributed by atoms with E-state index in [2.05, 4.69) is 22.0 Å². The molecule has 2 atom stereocenters. The number of ether oxygens (including phenoxy) is 2. The average Bonchev–Trinajstić information content (AvgIpc) is 3.38. The van der Waals surface area contributed by atoms with Crippen LogP contribution >= 0.6 is 0 Å². The van der Waals surface area contributed by atoms with E-state index in [0.717, 1.165) is 43.5 Å². The third-order valence-corrected chi connectivity index (χ3v) is 7.52. The first-order chi connectivity index (χ1) is 19.1. The zero-order valence-corrected chi connectivity index (χ0v) is 23.0. The van der Waals surface area contributed by atoms with E-state index in [1.807, 2.05) is 42.5 Å². The Hall–Kier alpha value is -4.39. The Balaban J connectivity index is 1.44. The van der Waals surface area contributed by atoms with Crippen molar-refractivity contribution in [1.29, 1.82) is 0 Å². The molecular weight excluding hydrogens is 512 g/mol. The van der Waals surface area contributed by atoms with Crippen molar-refractivity contribution in [1.82, 2.24) is 10.2 Å². The molecule has 1 fully saturated rings. The summed E-state index contributed by atoms with van der Waals surface area (Å²) in [7, 11) is 0. The number of hydrogen-bond donors (Lipinski definition) is 1. The van der Waals surface area contributed by atoms with Crippen LogP contribution in [0.5, 0.6) is 0 Å². The van der Waals surface area contributed by atoms with Crippen molar-refractivity contribution in [2.24, 2.45) is 5.41 Å². The molecule has 10 nitrogen and oxygen atoms in total. The van der Waals surface area contributed by atoms with Crippen molar-refractivity contribution >= 4 is 35.1 Å². The number of carbonyl (C=O) groups excluding carboxylic acids is 4. The van der Waals surface area contributed by atoms with Crippen molar-refractivity contribution in [3.63, 3.8) is 0 Å². The number of fused-ring (bicyclic) bond motifs is 1. The van der Waals surface area contributed by atoms with Crippen molar-refractivity contribution < 1.29 is 28.7 Å². The SMILES string of the molecule is [C-]#[N+]c1ccccc1N1CCC(C)(CNC(=O)[C@H](OC(C)=O)[C@@H](OC(C)=O)C(=O)N2Cc3ccccc3C2)CC1. The van der Waals surface area contributed by atoms with Gasteiger partial charge in [0.05, 0.1) is 6.57 Å². The van der Waals surface area contributed by atoms with Gasteiger partial charge in [-0.25, -0.2) is 4.85 Å². The molecule has 10 heteroatoms. The number of amides is 2. The molecule has 2 aliphatic rings. The van der Waals surface area contributed by atoms with Crippen LogP contribution in [0.1, 0.15) is 44.7 Å². The fraction of sp³-hybridized carbons (Fsp3) is 0.433. The predicted molar refractivity (Wildman–Crippen MR) is 147 cm³/mol. The zero-order valence-electron chi connectivity index (χ0n) is 23.0. The van der Waals surface area contributed by atoms with Gasteiger partial charge in [-0.2, -0.15) is 0 Å². The van der Waals surface area contributed by atoms with Crippen LogP contribution < -0.4 is 10.2 Å². The van der Waals surface area contributed by atoms with Crippen LogP contribution in [-0.2, 0) is 41.7 Å². The number of carbonyl (C=O) groups is 4. The van der Waals surface area contributed by atoms with Gasteiger partial charge in [0.25, 0.3) is 11.8 Å². The highest BCUT2D eigenvalue weighted by molar-refractivity contribution is 5.93. The van der Waals surface area contributed by atoms with Crippen molar-refractivity contribution in [2.45, 2.75) is 58.9 Å². The molecule has 2 aromatic rings. The standard InChI is InChI=1S/C30H34N4O6/c1-20(35)39-26(27(40-21(2)36)29(38)34-17-22-9-5-6-10-23(22)18-34)28(37)32-19-30(3)13-15-33(16-14-30)25-12-8-7-11-24(25)31-4/h5-12,26-27H,13-19H2,1-3H3,(H,32,37)/t26-,27-/m1/s1. The van der Waals surface area contributed by atoms with Crippen molar-refractivity contribution in [3.05, 3.63) is 71.1 Å². The lowest BCUT2D eigenvalue weighted by molar-refractivity contribution is -0.178. The maximum absolute atomic E-state index is 13.5. The summed E-state index contributed by atoms with van der Waals surface area (Å²) in [6.07, 6.45) is -1.76. The summed E-state index contributed by atoms with van der Waals surface area (Å²) in [6, 6.07) is 15.1. The average molecular weight is 547 g/mol. The molecule has 2 heterocycles. The minimum absolute atomic E-state index is 0.266. The van der Waals surface area contributed by atoms with Crippen LogP contribution in [0.15, 0.2) is 48.5 Å². The molecule has 40 heavy (non-hydrogen) atoms. The molecule has 1 saturated heterocycles. The van der Waals surface area contributed by atoms with Crippen molar-refractivity contribution in [2.75, 3.05) is 24.5 Å². The molecule has 1 N–H and O–H groups in total. The van der Waals surface area contributed by atoms with Gasteiger partial charge in [0.1, 0.15) is 0 Å². The number of hydrogen-bond acceptors (Lipinski definition) is 7. The Morgan fingerprint density at radius 1 is 0.925 bits per heavy atom. The van der Waals surface area contributed by atoms with Crippen molar-refractivity contribution in [3.8, 4) is 0 Å². The van der Waals surface area contributed by atoms with E-state index in [-0.39, 0.29) is 12.0 Å². The zero-order chi connectivity index (χ0) is 28.9. The summed E-state index contributed by atoms with van der Waals surface area (Å²) in [5.41, 5.74) is 3.15. The predicted octanol–water partition coefficient (Wildman–Crippen LogP) is 3.37. The molecule has 0 spiro atoms. The smallest absolute Gasteiger partial charge is 0.303 e. The van der Waals surface area contributed by atoms with Crippen LogP contribution in [0.4, 0.5) is 11.4 Å². The monoisotopic (exact) mass is 546 g/mol. The summed E-state index contributed by atoms with van der Waals surface area (Å²) < 4.78 is 10.6. The molecule has 0 unspecified atom stereocenters. The van der Waals surface area contributed by atoms with Gasteiger partial charge < -0.3 is 24.6 Å². The van der Waals surface area contributed by atoms with Gasteiger partial charge in [0, 0.05) is 52.3 Å². The summed E-state index contributed by atoms with van der Waals surface area (Å²) in [5, 5.41) is 2.85. The third kappa shape index (κ3) is 6.60. The molecule has 0 bridgehead atoms. The second-order valence-corrected chi connectivity index (χ2v) is 10.6. The minimum atomic E-state index is -1.63. The maximum Gasteiger partial charge on any atom is 0.303 e. The number of nitrogens with one attached hydrogen (secondary N) is 1. The number of anilines is 1. The Morgan fingerprint density at radius 3 is 2.05 bits per heavy atom. The molecule has 0 radical (unpaired) electrons. The number of nitrogens with zero attached hydrogens (tertiary/aromatic N) is 3. The number of piperidine rings is 1. The number of para-hydroxylation sites is 2. The Kier molecular flexibility index (Phi) is 8.73. The van der Waals surface area contributed by atoms with E-state index >= 15 is 0 Å². The normalized spacial score (nSPS) is 17.1. The Labute approximate surface area is 234 Å². The highest BCUT2D eigenvalue weighted by Crippen LogP contribution is 2.36. The Bertz CT molecular complexity index is 1300. The topological polar surface area (TPSA) is 110 Å². The van der Waals surface area contributed by atoms with Gasteiger partial charge in [-0.05, 0) is 35.4 Å². The molecule has 0 aromatic heterocycles. The van der Waals surface area contributed by atoms with Crippen LogP contribution in [0.25, 0.3) is 4.85 Å². The van der Waals surface area contributed by atoms with Gasteiger partial charge in [0.2, 0.25) is 17.9 Å². The molecule has 2 aliphatic heterocycles. The fourth-order valence-electron chi connectivity index (χ4n) is 5.21.